The highest BCUT2D eigenvalue weighted by molar-refractivity contribution is 5.90. The van der Waals surface area contributed by atoms with Crippen LogP contribution < -0.4 is 9.47 Å². The number of benzene rings is 1. The van der Waals surface area contributed by atoms with Gasteiger partial charge in [-0.15, -0.1) is 0 Å². The molecule has 292 valence electrons. The molecule has 0 aliphatic rings. The summed E-state index contributed by atoms with van der Waals surface area (Å²) in [5, 5.41) is 0. The van der Waals surface area contributed by atoms with Gasteiger partial charge in [0.2, 0.25) is 5.85 Å². The topological polar surface area (TPSA) is 100 Å². The fourth-order valence-corrected chi connectivity index (χ4v) is 3.21. The zero-order chi connectivity index (χ0) is 39.0. The molecular weight excluding hydrogens is 738 g/mol. The van der Waals surface area contributed by atoms with Crippen molar-refractivity contribution in [3.05, 3.63) is 23.8 Å². The van der Waals surface area contributed by atoms with Gasteiger partial charge in [-0.05, 0) is 19.1 Å². The summed E-state index contributed by atoms with van der Waals surface area (Å²) in [7, 11) is 1.26. The Morgan fingerprint density at radius 3 is 1.48 bits per heavy atom. The van der Waals surface area contributed by atoms with Crippen molar-refractivity contribution in [2.45, 2.75) is 61.8 Å². The summed E-state index contributed by atoms with van der Waals surface area (Å²) in [4.78, 5) is 12.0. The smallest absolute Gasteiger partial charge is 0.457 e. The molecule has 50 heavy (non-hydrogen) atoms. The Kier molecular flexibility index (Phi) is 15.0. The number of ether oxygens (including phenoxy) is 9. The Balaban J connectivity index is 2.87. The van der Waals surface area contributed by atoms with Crippen molar-refractivity contribution in [3.8, 4) is 11.5 Å². The molecule has 0 N–H and O–H groups in total. The van der Waals surface area contributed by atoms with Gasteiger partial charge in [-0.25, -0.2) is 13.6 Å². The predicted molar refractivity (Wildman–Crippen MR) is 135 cm³/mol. The van der Waals surface area contributed by atoms with Gasteiger partial charge in [0.25, 0.3) is 5.85 Å². The van der Waals surface area contributed by atoms with Crippen LogP contribution in [0.3, 0.4) is 0 Å². The number of rotatable bonds is 21. The van der Waals surface area contributed by atoms with Crippen molar-refractivity contribution in [2.75, 3.05) is 61.0 Å². The molecule has 0 bridgehead atoms. The van der Waals surface area contributed by atoms with Gasteiger partial charge in [-0.2, -0.15) is 52.7 Å². The minimum atomic E-state index is -6.68. The second kappa shape index (κ2) is 16.6. The SMILES string of the molecule is COC(=O)c1cc(OCCOCC(C)(F)OC(F)(F)C(C)(F)OC)cc(OCCOCC(F)(OC(F)(F)C(F)(OC)C(F)(F)F)C(F)(F)F)c1. The Morgan fingerprint density at radius 2 is 1.08 bits per heavy atom. The van der Waals surface area contributed by atoms with E-state index >= 15 is 0 Å². The van der Waals surface area contributed by atoms with Crippen molar-refractivity contribution >= 4 is 5.97 Å². The molecule has 10 nitrogen and oxygen atoms in total. The van der Waals surface area contributed by atoms with Crippen molar-refractivity contribution < 1.29 is 109 Å². The maximum Gasteiger partial charge on any atom is 0.457 e. The highest BCUT2D eigenvalue weighted by Gasteiger charge is 2.78. The first-order chi connectivity index (χ1) is 22.5. The predicted octanol–water partition coefficient (Wildman–Crippen LogP) is 6.60. The van der Waals surface area contributed by atoms with Crippen LogP contribution in [0.1, 0.15) is 24.2 Å². The summed E-state index contributed by atoms with van der Waals surface area (Å²) < 4.78 is 227. The molecular formula is C26H30F14O10. The zero-order valence-electron chi connectivity index (χ0n) is 26.3. The zero-order valence-corrected chi connectivity index (χ0v) is 26.3. The van der Waals surface area contributed by atoms with Crippen LogP contribution >= 0.6 is 0 Å². The van der Waals surface area contributed by atoms with Gasteiger partial charge >= 0.3 is 42.2 Å². The molecule has 1 aromatic carbocycles. The van der Waals surface area contributed by atoms with Crippen LogP contribution in [0.15, 0.2) is 18.2 Å². The Labute approximate surface area is 273 Å². The third-order valence-corrected chi connectivity index (χ3v) is 5.92. The van der Waals surface area contributed by atoms with Crippen LogP contribution in [-0.2, 0) is 33.2 Å². The lowest BCUT2D eigenvalue weighted by Gasteiger charge is -2.37. The van der Waals surface area contributed by atoms with E-state index < -0.39 is 93.6 Å². The lowest BCUT2D eigenvalue weighted by molar-refractivity contribution is -0.503. The Bertz CT molecular complexity index is 1240. The summed E-state index contributed by atoms with van der Waals surface area (Å²) in [6, 6.07) is 3.04. The van der Waals surface area contributed by atoms with Gasteiger partial charge in [-0.1, -0.05) is 0 Å². The molecule has 0 saturated carbocycles. The van der Waals surface area contributed by atoms with E-state index in [9.17, 15) is 66.3 Å². The molecule has 24 heteroatoms. The molecule has 0 aromatic heterocycles. The standard InChI is InChI=1S/C26H30F14O10/c1-19(27,49-25(37,38)20(2,28)43-4)13-45-6-8-47-16-10-15(18(41)42-3)11-17(12-16)48-9-7-46-14-21(29,23(31,32)33)50-26(39,40)22(30,44-5)24(34,35)36/h10-12H,6-9,13-14H2,1-5H3. The Hall–Kier alpha value is -2.93. The molecule has 0 aliphatic heterocycles. The van der Waals surface area contributed by atoms with E-state index in [2.05, 4.69) is 28.4 Å². The van der Waals surface area contributed by atoms with Crippen LogP contribution in [0.25, 0.3) is 0 Å². The fourth-order valence-electron chi connectivity index (χ4n) is 3.21. The number of esters is 1. The summed E-state index contributed by atoms with van der Waals surface area (Å²) in [5.74, 6) is -20.4. The monoisotopic (exact) mass is 768 g/mol. The number of hydrogen-bond donors (Lipinski definition) is 0. The second-order valence-corrected chi connectivity index (χ2v) is 9.97. The number of methoxy groups -OCH3 is 3. The first-order valence-corrected chi connectivity index (χ1v) is 13.3. The van der Waals surface area contributed by atoms with E-state index in [1.807, 2.05) is 0 Å². The van der Waals surface area contributed by atoms with Gasteiger partial charge in [0.1, 0.15) is 37.9 Å². The molecule has 0 radical (unpaired) electrons. The molecule has 4 atom stereocenters. The van der Waals surface area contributed by atoms with E-state index in [4.69, 9.17) is 14.2 Å². The van der Waals surface area contributed by atoms with Crippen LogP contribution in [-0.4, -0.2) is 115 Å². The molecule has 0 aliphatic carbocycles. The summed E-state index contributed by atoms with van der Waals surface area (Å²) in [5.41, 5.74) is -0.283. The van der Waals surface area contributed by atoms with Gasteiger partial charge in [0, 0.05) is 27.2 Å². The first-order valence-electron chi connectivity index (χ1n) is 13.3. The van der Waals surface area contributed by atoms with Crippen LogP contribution in [0.2, 0.25) is 0 Å². The minimum Gasteiger partial charge on any atom is -0.491 e. The van der Waals surface area contributed by atoms with E-state index in [-0.39, 0.29) is 24.2 Å². The lowest BCUT2D eigenvalue weighted by atomic mass is 10.2. The number of alkyl halides is 14. The van der Waals surface area contributed by atoms with E-state index in [1.54, 1.807) is 0 Å². The third-order valence-electron chi connectivity index (χ3n) is 5.92. The quantitative estimate of drug-likeness (QED) is 0.0773. The number of carbonyl (C=O) groups excluding carboxylic acids is 1. The minimum absolute atomic E-state index is 0.223. The lowest BCUT2D eigenvalue weighted by Crippen LogP contribution is -2.63. The summed E-state index contributed by atoms with van der Waals surface area (Å²) in [6.07, 6.45) is -24.5. The third kappa shape index (κ3) is 11.5. The molecule has 0 fully saturated rings. The van der Waals surface area contributed by atoms with Crippen molar-refractivity contribution in [3.63, 3.8) is 0 Å². The Morgan fingerprint density at radius 1 is 0.600 bits per heavy atom. The number of halogens is 14. The van der Waals surface area contributed by atoms with Crippen molar-refractivity contribution in [1.82, 2.24) is 0 Å². The van der Waals surface area contributed by atoms with E-state index in [0.717, 1.165) is 25.3 Å². The average molecular weight is 768 g/mol. The molecule has 0 heterocycles. The highest BCUT2D eigenvalue weighted by atomic mass is 19.4. The van der Waals surface area contributed by atoms with E-state index in [1.165, 1.54) is 0 Å². The van der Waals surface area contributed by atoms with Crippen molar-refractivity contribution in [1.29, 1.82) is 0 Å². The molecule has 1 aromatic rings. The molecule has 4 unspecified atom stereocenters. The maximum absolute atomic E-state index is 14.5. The highest BCUT2D eigenvalue weighted by Crippen LogP contribution is 2.50. The van der Waals surface area contributed by atoms with Crippen molar-refractivity contribution in [2.24, 2.45) is 0 Å². The largest absolute Gasteiger partial charge is 0.491 e. The fraction of sp³-hybridized carbons (Fsp3) is 0.731. The van der Waals surface area contributed by atoms with Gasteiger partial charge < -0.3 is 33.2 Å². The van der Waals surface area contributed by atoms with Crippen LogP contribution in [0.4, 0.5) is 61.5 Å². The normalized spacial score (nSPS) is 18.0. The van der Waals surface area contributed by atoms with Gasteiger partial charge in [-0.3, -0.25) is 9.47 Å². The summed E-state index contributed by atoms with van der Waals surface area (Å²) >= 11 is 0. The molecule has 1 rings (SSSR count). The van der Waals surface area contributed by atoms with Gasteiger partial charge in [0.05, 0.1) is 25.9 Å². The number of hydrogen-bond acceptors (Lipinski definition) is 10. The molecule has 0 spiro atoms. The second-order valence-electron chi connectivity index (χ2n) is 9.97. The molecule has 0 amide bonds. The number of carbonyl (C=O) groups is 1. The van der Waals surface area contributed by atoms with E-state index in [0.29, 0.717) is 21.0 Å². The maximum atomic E-state index is 14.5. The van der Waals surface area contributed by atoms with Crippen LogP contribution in [0.5, 0.6) is 11.5 Å². The first kappa shape index (κ1) is 45.1. The van der Waals surface area contributed by atoms with Crippen LogP contribution in [0, 0.1) is 0 Å². The average Bonchev–Trinajstić information content (AvgIpc) is 2.97. The molecule has 0 saturated heterocycles. The summed E-state index contributed by atoms with van der Waals surface area (Å²) in [6.45, 7) is -5.89. The van der Waals surface area contributed by atoms with Gasteiger partial charge in [0.15, 0.2) is 0 Å².